The van der Waals surface area contributed by atoms with Gasteiger partial charge in [0.05, 0.1) is 11.6 Å². The number of halogens is 1. The first-order chi connectivity index (χ1) is 8.69. The second-order valence-electron chi connectivity index (χ2n) is 3.94. The summed E-state index contributed by atoms with van der Waals surface area (Å²) in [7, 11) is 0. The predicted octanol–water partition coefficient (Wildman–Crippen LogP) is 3.01. The minimum Gasteiger partial charge on any atom is -0.366 e. The van der Waals surface area contributed by atoms with Crippen LogP contribution in [0.5, 0.6) is 0 Å². The Bertz CT molecular complexity index is 602. The van der Waals surface area contributed by atoms with Gasteiger partial charge in [-0.1, -0.05) is 12.1 Å². The Labute approximate surface area is 105 Å². The molecule has 2 rings (SSSR count). The van der Waals surface area contributed by atoms with Crippen LogP contribution in [0.15, 0.2) is 36.4 Å². The fourth-order valence-corrected chi connectivity index (χ4v) is 1.59. The highest BCUT2D eigenvalue weighted by Crippen LogP contribution is 2.12. The fourth-order valence-electron chi connectivity index (χ4n) is 1.59. The minimum atomic E-state index is -0.380. The minimum absolute atomic E-state index is 0.324. The lowest BCUT2D eigenvalue weighted by molar-refractivity contribution is 0.612. The van der Waals surface area contributed by atoms with Crippen LogP contribution in [0.25, 0.3) is 0 Å². The Hall–Kier alpha value is -2.41. The maximum atomic E-state index is 13.6. The predicted molar refractivity (Wildman–Crippen MR) is 67.4 cm³/mol. The van der Waals surface area contributed by atoms with Gasteiger partial charge in [-0.25, -0.2) is 9.37 Å². The molecular weight excluding hydrogens is 229 g/mol. The quantitative estimate of drug-likeness (QED) is 0.898. The molecule has 2 aromatic rings. The molecule has 0 amide bonds. The lowest BCUT2D eigenvalue weighted by Gasteiger charge is -2.07. The highest BCUT2D eigenvalue weighted by molar-refractivity contribution is 5.38. The highest BCUT2D eigenvalue weighted by Gasteiger charge is 2.03. The zero-order valence-electron chi connectivity index (χ0n) is 9.94. The molecule has 4 heteroatoms. The molecule has 90 valence electrons. The van der Waals surface area contributed by atoms with Crippen molar-refractivity contribution >= 4 is 5.82 Å². The summed E-state index contributed by atoms with van der Waals surface area (Å²) >= 11 is 0. The van der Waals surface area contributed by atoms with Gasteiger partial charge in [-0.2, -0.15) is 5.26 Å². The molecule has 0 aliphatic rings. The van der Waals surface area contributed by atoms with Crippen molar-refractivity contribution in [3.8, 4) is 6.07 Å². The van der Waals surface area contributed by atoms with Crippen LogP contribution in [-0.2, 0) is 6.54 Å². The van der Waals surface area contributed by atoms with Gasteiger partial charge in [-0.05, 0) is 31.2 Å². The molecule has 3 nitrogen and oxygen atoms in total. The number of hydrogen-bond donors (Lipinski definition) is 1. The van der Waals surface area contributed by atoms with Crippen LogP contribution < -0.4 is 5.32 Å². The van der Waals surface area contributed by atoms with Crippen molar-refractivity contribution in [3.05, 3.63) is 59.0 Å². The number of hydrogen-bond acceptors (Lipinski definition) is 3. The van der Waals surface area contributed by atoms with Gasteiger partial charge >= 0.3 is 0 Å². The molecule has 18 heavy (non-hydrogen) atoms. The third-order valence-electron chi connectivity index (χ3n) is 2.53. The summed E-state index contributed by atoms with van der Waals surface area (Å²) in [6.07, 6.45) is 0. The van der Waals surface area contributed by atoms with E-state index < -0.39 is 0 Å². The first-order valence-electron chi connectivity index (χ1n) is 5.55. The van der Waals surface area contributed by atoms with Crippen LogP contribution in [0, 0.1) is 24.1 Å². The summed E-state index contributed by atoms with van der Waals surface area (Å²) < 4.78 is 13.6. The first kappa shape index (κ1) is 12.1. The van der Waals surface area contributed by atoms with E-state index in [9.17, 15) is 4.39 Å². The third kappa shape index (κ3) is 2.83. The van der Waals surface area contributed by atoms with E-state index >= 15 is 0 Å². The molecule has 1 heterocycles. The van der Waals surface area contributed by atoms with Crippen molar-refractivity contribution in [2.75, 3.05) is 5.32 Å². The normalized spacial score (nSPS) is 9.83. The lowest BCUT2D eigenvalue weighted by atomic mass is 10.1. The van der Waals surface area contributed by atoms with Crippen molar-refractivity contribution in [1.29, 1.82) is 5.26 Å². The van der Waals surface area contributed by atoms with Crippen LogP contribution in [-0.4, -0.2) is 4.98 Å². The number of nitriles is 1. The van der Waals surface area contributed by atoms with Gasteiger partial charge < -0.3 is 5.32 Å². The second kappa shape index (κ2) is 5.28. The lowest BCUT2D eigenvalue weighted by Crippen LogP contribution is -2.03. The number of aryl methyl sites for hydroxylation is 1. The van der Waals surface area contributed by atoms with Crippen molar-refractivity contribution < 1.29 is 4.39 Å². The van der Waals surface area contributed by atoms with E-state index in [-0.39, 0.29) is 5.82 Å². The number of aromatic nitrogens is 1. The van der Waals surface area contributed by atoms with Crippen LogP contribution >= 0.6 is 0 Å². The number of nitrogens with one attached hydrogen (secondary N) is 1. The van der Waals surface area contributed by atoms with E-state index in [1.807, 2.05) is 31.2 Å². The van der Waals surface area contributed by atoms with Gasteiger partial charge in [0, 0.05) is 17.8 Å². The molecule has 0 fully saturated rings. The molecule has 0 saturated carbocycles. The van der Waals surface area contributed by atoms with E-state index in [2.05, 4.69) is 10.3 Å². The number of rotatable bonds is 3. The van der Waals surface area contributed by atoms with E-state index in [4.69, 9.17) is 5.26 Å². The molecule has 0 spiro atoms. The summed E-state index contributed by atoms with van der Waals surface area (Å²) in [6, 6.07) is 12.0. The maximum Gasteiger partial charge on any atom is 0.129 e. The van der Waals surface area contributed by atoms with Crippen LogP contribution in [0.1, 0.15) is 16.8 Å². The summed E-state index contributed by atoms with van der Waals surface area (Å²) in [4.78, 5) is 4.27. The number of benzene rings is 1. The van der Waals surface area contributed by atoms with Crippen molar-refractivity contribution in [3.63, 3.8) is 0 Å². The van der Waals surface area contributed by atoms with Gasteiger partial charge in [-0.3, -0.25) is 0 Å². The largest absolute Gasteiger partial charge is 0.366 e. The summed E-state index contributed by atoms with van der Waals surface area (Å²) in [5.41, 5.74) is 1.74. The van der Waals surface area contributed by atoms with Crippen LogP contribution in [0.3, 0.4) is 0 Å². The molecule has 0 unspecified atom stereocenters. The Morgan fingerprint density at radius 3 is 2.83 bits per heavy atom. The van der Waals surface area contributed by atoms with E-state index in [0.29, 0.717) is 23.5 Å². The molecule has 0 radical (unpaired) electrons. The molecule has 0 atom stereocenters. The molecule has 0 aliphatic carbocycles. The molecule has 1 N–H and O–H groups in total. The molecule has 1 aromatic carbocycles. The monoisotopic (exact) mass is 241 g/mol. The van der Waals surface area contributed by atoms with Crippen LogP contribution in [0.2, 0.25) is 0 Å². The zero-order chi connectivity index (χ0) is 13.0. The van der Waals surface area contributed by atoms with Gasteiger partial charge in [0.2, 0.25) is 0 Å². The molecule has 0 aliphatic heterocycles. The SMILES string of the molecule is Cc1cccc(NCc2ccc(C#N)cc2F)n1. The molecule has 0 saturated heterocycles. The Morgan fingerprint density at radius 1 is 1.33 bits per heavy atom. The Morgan fingerprint density at radius 2 is 2.17 bits per heavy atom. The second-order valence-corrected chi connectivity index (χ2v) is 3.94. The summed E-state index contributed by atoms with van der Waals surface area (Å²) in [5, 5.41) is 11.7. The first-order valence-corrected chi connectivity index (χ1v) is 5.55. The van der Waals surface area contributed by atoms with E-state index in [1.165, 1.54) is 6.07 Å². The van der Waals surface area contributed by atoms with Crippen molar-refractivity contribution in [2.24, 2.45) is 0 Å². The summed E-state index contributed by atoms with van der Waals surface area (Å²) in [6.45, 7) is 2.24. The fraction of sp³-hybridized carbons (Fsp3) is 0.143. The highest BCUT2D eigenvalue weighted by atomic mass is 19.1. The summed E-state index contributed by atoms with van der Waals surface area (Å²) in [5.74, 6) is 0.327. The van der Waals surface area contributed by atoms with Gasteiger partial charge in [-0.15, -0.1) is 0 Å². The van der Waals surface area contributed by atoms with Gasteiger partial charge in [0.25, 0.3) is 0 Å². The number of nitrogens with zero attached hydrogens (tertiary/aromatic N) is 2. The number of anilines is 1. The Balaban J connectivity index is 2.09. The standard InChI is InChI=1S/C14H12FN3/c1-10-3-2-4-14(18-10)17-9-12-6-5-11(8-16)7-13(12)15/h2-7H,9H2,1H3,(H,17,18). The van der Waals surface area contributed by atoms with Gasteiger partial charge in [0.1, 0.15) is 11.6 Å². The smallest absolute Gasteiger partial charge is 0.129 e. The average Bonchev–Trinajstić information content (AvgIpc) is 2.37. The average molecular weight is 241 g/mol. The van der Waals surface area contributed by atoms with Crippen molar-refractivity contribution in [1.82, 2.24) is 4.98 Å². The Kier molecular flexibility index (Phi) is 3.54. The molecule has 1 aromatic heterocycles. The molecule has 0 bridgehead atoms. The third-order valence-corrected chi connectivity index (χ3v) is 2.53. The van der Waals surface area contributed by atoms with E-state index in [0.717, 1.165) is 5.69 Å². The molecular formula is C14H12FN3. The maximum absolute atomic E-state index is 13.6. The van der Waals surface area contributed by atoms with Crippen LogP contribution in [0.4, 0.5) is 10.2 Å². The van der Waals surface area contributed by atoms with Crippen molar-refractivity contribution in [2.45, 2.75) is 13.5 Å². The van der Waals surface area contributed by atoms with Gasteiger partial charge in [0.15, 0.2) is 0 Å². The van der Waals surface area contributed by atoms with E-state index in [1.54, 1.807) is 12.1 Å². The zero-order valence-corrected chi connectivity index (χ0v) is 9.94. The topological polar surface area (TPSA) is 48.7 Å². The number of pyridine rings is 1.